The average molecular weight is 332 g/mol. The highest BCUT2D eigenvalue weighted by atomic mass is 14.2. The molecule has 0 saturated carbocycles. The first-order valence-electron chi connectivity index (χ1n) is 9.13. The van der Waals surface area contributed by atoms with Crippen molar-refractivity contribution in [3.05, 3.63) is 96.1 Å². The van der Waals surface area contributed by atoms with Crippen LogP contribution in [-0.4, -0.2) is 0 Å². The molecule has 0 unspecified atom stereocenters. The molecule has 0 aromatic heterocycles. The number of rotatable bonds is 1. The summed E-state index contributed by atoms with van der Waals surface area (Å²) in [5, 5.41) is 7.88. The molecule has 5 rings (SSSR count). The Labute approximate surface area is 153 Å². The number of fused-ring (bicyclic) bond motifs is 4. The minimum atomic E-state index is 1.29. The third-order valence-corrected chi connectivity index (χ3v) is 5.55. The monoisotopic (exact) mass is 332 g/mol. The Balaban J connectivity index is 2.05. The zero-order valence-electron chi connectivity index (χ0n) is 15.1. The molecule has 0 heterocycles. The maximum atomic E-state index is 2.33. The van der Waals surface area contributed by atoms with E-state index in [9.17, 15) is 0 Å². The molecule has 124 valence electrons. The molecule has 0 saturated heterocycles. The van der Waals surface area contributed by atoms with E-state index in [-0.39, 0.29) is 0 Å². The van der Waals surface area contributed by atoms with Crippen LogP contribution in [0.3, 0.4) is 0 Å². The Hall–Kier alpha value is -3.12. The molecule has 5 aromatic rings. The van der Waals surface area contributed by atoms with Crippen LogP contribution in [0, 0.1) is 13.8 Å². The average Bonchev–Trinajstić information content (AvgIpc) is 2.68. The number of aryl methyl sites for hydroxylation is 2. The van der Waals surface area contributed by atoms with E-state index in [1.165, 1.54) is 54.6 Å². The van der Waals surface area contributed by atoms with E-state index in [1.54, 1.807) is 0 Å². The Kier molecular flexibility index (Phi) is 3.33. The van der Waals surface area contributed by atoms with Crippen molar-refractivity contribution in [2.24, 2.45) is 0 Å². The number of benzene rings is 5. The molecule has 0 N–H and O–H groups in total. The summed E-state index contributed by atoms with van der Waals surface area (Å²) in [6.07, 6.45) is 0. The van der Waals surface area contributed by atoms with Gasteiger partial charge in [-0.3, -0.25) is 0 Å². The third-order valence-electron chi connectivity index (χ3n) is 5.55. The summed E-state index contributed by atoms with van der Waals surface area (Å²) >= 11 is 0. The Morgan fingerprint density at radius 2 is 1.19 bits per heavy atom. The fraction of sp³-hybridized carbons (Fsp3) is 0.0769. The van der Waals surface area contributed by atoms with Crippen molar-refractivity contribution in [3.63, 3.8) is 0 Å². The van der Waals surface area contributed by atoms with E-state index >= 15 is 0 Å². The highest BCUT2D eigenvalue weighted by molar-refractivity contribution is 6.21. The van der Waals surface area contributed by atoms with Crippen LogP contribution in [0.25, 0.3) is 43.4 Å². The topological polar surface area (TPSA) is 0 Å². The van der Waals surface area contributed by atoms with Crippen LogP contribution < -0.4 is 0 Å². The van der Waals surface area contributed by atoms with Crippen LogP contribution >= 0.6 is 0 Å². The van der Waals surface area contributed by atoms with Gasteiger partial charge in [0.1, 0.15) is 0 Å². The lowest BCUT2D eigenvalue weighted by molar-refractivity contribution is 1.34. The van der Waals surface area contributed by atoms with Gasteiger partial charge in [0.05, 0.1) is 0 Å². The van der Waals surface area contributed by atoms with Crippen LogP contribution in [0.4, 0.5) is 0 Å². The molecular formula is C26H20. The zero-order valence-corrected chi connectivity index (χ0v) is 15.1. The van der Waals surface area contributed by atoms with Gasteiger partial charge < -0.3 is 0 Å². The number of hydrogen-bond donors (Lipinski definition) is 0. The summed E-state index contributed by atoms with van der Waals surface area (Å²) in [5.74, 6) is 0. The fourth-order valence-electron chi connectivity index (χ4n) is 4.04. The maximum absolute atomic E-state index is 2.33. The van der Waals surface area contributed by atoms with E-state index < -0.39 is 0 Å². The van der Waals surface area contributed by atoms with Gasteiger partial charge in [0.2, 0.25) is 0 Å². The summed E-state index contributed by atoms with van der Waals surface area (Å²) in [6.45, 7) is 4.37. The molecule has 26 heavy (non-hydrogen) atoms. The van der Waals surface area contributed by atoms with Crippen LogP contribution in [0.2, 0.25) is 0 Å². The summed E-state index contributed by atoms with van der Waals surface area (Å²) < 4.78 is 0. The maximum Gasteiger partial charge on any atom is -0.00204 e. The second-order valence-electron chi connectivity index (χ2n) is 7.16. The molecule has 0 radical (unpaired) electrons. The quantitative estimate of drug-likeness (QED) is 0.221. The van der Waals surface area contributed by atoms with Gasteiger partial charge in [-0.1, -0.05) is 78.9 Å². The Bertz CT molecular complexity index is 1290. The van der Waals surface area contributed by atoms with Crippen LogP contribution in [-0.2, 0) is 0 Å². The molecule has 0 atom stereocenters. The van der Waals surface area contributed by atoms with E-state index in [0.717, 1.165) is 0 Å². The van der Waals surface area contributed by atoms with Crippen molar-refractivity contribution in [2.45, 2.75) is 13.8 Å². The normalized spacial score (nSPS) is 11.5. The SMILES string of the molecule is Cc1ccc(-c2c3ccccc3cc3ccc4ccccc4c23)cc1C. The lowest BCUT2D eigenvalue weighted by Crippen LogP contribution is -1.89. The van der Waals surface area contributed by atoms with Crippen molar-refractivity contribution in [1.82, 2.24) is 0 Å². The highest BCUT2D eigenvalue weighted by Gasteiger charge is 2.13. The summed E-state index contributed by atoms with van der Waals surface area (Å²) in [6, 6.07) is 31.1. The van der Waals surface area contributed by atoms with Gasteiger partial charge in [-0.05, 0) is 74.5 Å². The van der Waals surface area contributed by atoms with Gasteiger partial charge >= 0.3 is 0 Å². The van der Waals surface area contributed by atoms with E-state index in [0.29, 0.717) is 0 Å². The van der Waals surface area contributed by atoms with Crippen molar-refractivity contribution < 1.29 is 0 Å². The second kappa shape index (κ2) is 5.71. The van der Waals surface area contributed by atoms with Gasteiger partial charge in [0, 0.05) is 0 Å². The second-order valence-corrected chi connectivity index (χ2v) is 7.16. The molecule has 0 aliphatic heterocycles. The standard InChI is InChI=1S/C26H20/c1-17-11-12-21(15-18(17)2)25-24-10-6-4-8-20(24)16-22-14-13-19-7-3-5-9-23(19)26(22)25/h3-16H,1-2H3. The molecule has 0 amide bonds. The van der Waals surface area contributed by atoms with Gasteiger partial charge in [0.25, 0.3) is 0 Å². The largest absolute Gasteiger partial charge is 0.0616 e. The Morgan fingerprint density at radius 3 is 2.00 bits per heavy atom. The fourth-order valence-corrected chi connectivity index (χ4v) is 4.04. The highest BCUT2D eigenvalue weighted by Crippen LogP contribution is 2.40. The minimum Gasteiger partial charge on any atom is -0.0616 e. The predicted molar refractivity (Wildman–Crippen MR) is 114 cm³/mol. The third kappa shape index (κ3) is 2.23. The van der Waals surface area contributed by atoms with E-state index in [1.807, 2.05) is 0 Å². The van der Waals surface area contributed by atoms with Crippen LogP contribution in [0.15, 0.2) is 84.9 Å². The van der Waals surface area contributed by atoms with Gasteiger partial charge in [0.15, 0.2) is 0 Å². The van der Waals surface area contributed by atoms with E-state index in [2.05, 4.69) is 98.8 Å². The summed E-state index contributed by atoms with van der Waals surface area (Å²) in [7, 11) is 0. The molecule has 0 nitrogen and oxygen atoms in total. The lowest BCUT2D eigenvalue weighted by atomic mass is 9.88. The van der Waals surface area contributed by atoms with E-state index in [4.69, 9.17) is 0 Å². The van der Waals surface area contributed by atoms with Crippen molar-refractivity contribution in [1.29, 1.82) is 0 Å². The van der Waals surface area contributed by atoms with Crippen molar-refractivity contribution in [3.8, 4) is 11.1 Å². The van der Waals surface area contributed by atoms with Crippen molar-refractivity contribution >= 4 is 32.3 Å². The first-order chi connectivity index (χ1) is 12.7. The number of hydrogen-bond acceptors (Lipinski definition) is 0. The molecule has 0 heteroatoms. The smallest absolute Gasteiger partial charge is 0.00204 e. The summed E-state index contributed by atoms with van der Waals surface area (Å²) in [4.78, 5) is 0. The lowest BCUT2D eigenvalue weighted by Gasteiger charge is -2.15. The first-order valence-corrected chi connectivity index (χ1v) is 9.13. The first kappa shape index (κ1) is 15.2. The zero-order chi connectivity index (χ0) is 17.7. The Morgan fingerprint density at radius 1 is 0.500 bits per heavy atom. The van der Waals surface area contributed by atoms with Crippen molar-refractivity contribution in [2.75, 3.05) is 0 Å². The summed E-state index contributed by atoms with van der Waals surface area (Å²) in [5.41, 5.74) is 5.32. The minimum absolute atomic E-state index is 1.29. The molecule has 0 aliphatic carbocycles. The molecule has 0 spiro atoms. The molecule has 5 aromatic carbocycles. The van der Waals surface area contributed by atoms with Crippen LogP contribution in [0.1, 0.15) is 11.1 Å². The predicted octanol–water partition coefficient (Wildman–Crippen LogP) is 7.43. The van der Waals surface area contributed by atoms with Crippen LogP contribution in [0.5, 0.6) is 0 Å². The van der Waals surface area contributed by atoms with Gasteiger partial charge in [-0.15, -0.1) is 0 Å². The molecular weight excluding hydrogens is 312 g/mol. The molecule has 0 aliphatic rings. The molecule has 0 fully saturated rings. The van der Waals surface area contributed by atoms with Gasteiger partial charge in [-0.2, -0.15) is 0 Å². The molecule has 0 bridgehead atoms. The van der Waals surface area contributed by atoms with Gasteiger partial charge in [-0.25, -0.2) is 0 Å².